The monoisotopic (exact) mass is 272 g/mol. The summed E-state index contributed by atoms with van der Waals surface area (Å²) in [6.45, 7) is 3.09. The molecule has 2 nitrogen and oxygen atoms in total. The summed E-state index contributed by atoms with van der Waals surface area (Å²) in [6, 6.07) is 6.33. The Morgan fingerprint density at radius 1 is 1.41 bits per heavy atom. The van der Waals surface area contributed by atoms with Crippen molar-refractivity contribution in [3.8, 4) is 0 Å². The quantitative estimate of drug-likeness (QED) is 0.906. The normalized spacial score (nSPS) is 20.1. The molecule has 1 heterocycles. The molecule has 0 aromatic heterocycles. The van der Waals surface area contributed by atoms with Crippen LogP contribution in [0.15, 0.2) is 18.2 Å². The first-order valence-corrected chi connectivity index (χ1v) is 6.76. The van der Waals surface area contributed by atoms with Gasteiger partial charge in [-0.25, -0.2) is 0 Å². The van der Waals surface area contributed by atoms with Crippen molar-refractivity contribution in [1.82, 2.24) is 10.2 Å². The highest BCUT2D eigenvalue weighted by molar-refractivity contribution is 6.35. The lowest BCUT2D eigenvalue weighted by Gasteiger charge is -2.21. The first-order valence-electron chi connectivity index (χ1n) is 6.01. The van der Waals surface area contributed by atoms with Crippen LogP contribution < -0.4 is 5.32 Å². The van der Waals surface area contributed by atoms with Crippen molar-refractivity contribution in [2.45, 2.75) is 25.4 Å². The Bertz CT molecular complexity index is 376. The topological polar surface area (TPSA) is 15.3 Å². The van der Waals surface area contributed by atoms with Gasteiger partial charge in [-0.1, -0.05) is 29.3 Å². The Hall–Kier alpha value is -0.280. The summed E-state index contributed by atoms with van der Waals surface area (Å²) in [4.78, 5) is 2.30. The molecule has 17 heavy (non-hydrogen) atoms. The zero-order valence-electron chi connectivity index (χ0n) is 10.0. The number of likely N-dealkylation sites (N-methyl/N-ethyl adjacent to an activating group) is 1. The van der Waals surface area contributed by atoms with Gasteiger partial charge in [0.25, 0.3) is 0 Å². The van der Waals surface area contributed by atoms with Gasteiger partial charge in [-0.15, -0.1) is 0 Å². The lowest BCUT2D eigenvalue weighted by Crippen LogP contribution is -2.34. The first-order chi connectivity index (χ1) is 8.15. The third-order valence-corrected chi connectivity index (χ3v) is 3.74. The molecule has 0 saturated carbocycles. The lowest BCUT2D eigenvalue weighted by molar-refractivity contribution is 0.293. The number of hydrogen-bond acceptors (Lipinski definition) is 2. The minimum atomic E-state index is 0.631. The van der Waals surface area contributed by atoms with Gasteiger partial charge in [0.15, 0.2) is 0 Å². The van der Waals surface area contributed by atoms with E-state index < -0.39 is 0 Å². The molecule has 1 aliphatic rings. The van der Waals surface area contributed by atoms with E-state index in [0.717, 1.165) is 30.2 Å². The Balaban J connectivity index is 1.90. The van der Waals surface area contributed by atoms with Crippen LogP contribution >= 0.6 is 23.2 Å². The number of rotatable bonds is 4. The van der Waals surface area contributed by atoms with Gasteiger partial charge in [-0.3, -0.25) is 0 Å². The molecule has 1 fully saturated rings. The van der Waals surface area contributed by atoms with Crippen LogP contribution in [0.3, 0.4) is 0 Å². The molecule has 1 unspecified atom stereocenters. The molecule has 0 bridgehead atoms. The molecule has 1 aromatic rings. The average molecular weight is 273 g/mol. The number of nitrogens with zero attached hydrogens (tertiary/aromatic N) is 1. The van der Waals surface area contributed by atoms with Crippen LogP contribution in [0.5, 0.6) is 0 Å². The van der Waals surface area contributed by atoms with Crippen LogP contribution in [0.25, 0.3) is 0 Å². The highest BCUT2D eigenvalue weighted by Crippen LogP contribution is 2.22. The standard InChI is InChI=1S/C13H18Cl2N2/c1-17(9-12-3-2-6-16-12)8-10-4-5-11(14)7-13(10)15/h4-5,7,12,16H,2-3,6,8-9H2,1H3. The van der Waals surface area contributed by atoms with E-state index in [1.807, 2.05) is 12.1 Å². The Morgan fingerprint density at radius 3 is 2.88 bits per heavy atom. The predicted octanol–water partition coefficient (Wildman–Crippen LogP) is 3.18. The summed E-state index contributed by atoms with van der Waals surface area (Å²) in [7, 11) is 2.13. The largest absolute Gasteiger partial charge is 0.313 e. The van der Waals surface area contributed by atoms with Crippen LogP contribution in [-0.2, 0) is 6.54 Å². The molecular weight excluding hydrogens is 255 g/mol. The number of halogens is 2. The molecule has 1 aliphatic heterocycles. The predicted molar refractivity (Wildman–Crippen MR) is 73.8 cm³/mol. The van der Waals surface area contributed by atoms with Crippen LogP contribution in [0.1, 0.15) is 18.4 Å². The molecule has 94 valence electrons. The van der Waals surface area contributed by atoms with Crippen LogP contribution in [0.4, 0.5) is 0 Å². The Kier molecular flexibility index (Phi) is 4.69. The van der Waals surface area contributed by atoms with Crippen molar-refractivity contribution in [3.05, 3.63) is 33.8 Å². The molecule has 2 rings (SSSR count). The molecule has 4 heteroatoms. The summed E-state index contributed by atoms with van der Waals surface area (Å²) in [5.74, 6) is 0. The molecule has 1 atom stereocenters. The van der Waals surface area contributed by atoms with Crippen molar-refractivity contribution in [2.75, 3.05) is 20.1 Å². The fourth-order valence-electron chi connectivity index (χ4n) is 2.29. The van der Waals surface area contributed by atoms with Gasteiger partial charge in [-0.2, -0.15) is 0 Å². The van der Waals surface area contributed by atoms with Crippen molar-refractivity contribution < 1.29 is 0 Å². The molecule has 0 radical (unpaired) electrons. The smallest absolute Gasteiger partial charge is 0.0465 e. The molecule has 1 aromatic carbocycles. The number of hydrogen-bond donors (Lipinski definition) is 1. The Labute approximate surface area is 113 Å². The molecule has 1 N–H and O–H groups in total. The third kappa shape index (κ3) is 3.85. The maximum Gasteiger partial charge on any atom is 0.0465 e. The number of nitrogens with one attached hydrogen (secondary N) is 1. The Morgan fingerprint density at radius 2 is 2.24 bits per heavy atom. The van der Waals surface area contributed by atoms with Crippen LogP contribution in [0, 0.1) is 0 Å². The summed E-state index contributed by atoms with van der Waals surface area (Å²) in [5.41, 5.74) is 1.14. The highest BCUT2D eigenvalue weighted by Gasteiger charge is 2.16. The van der Waals surface area contributed by atoms with Gasteiger partial charge < -0.3 is 10.2 Å². The highest BCUT2D eigenvalue weighted by atomic mass is 35.5. The average Bonchev–Trinajstić information content (AvgIpc) is 2.75. The fourth-order valence-corrected chi connectivity index (χ4v) is 2.76. The van der Waals surface area contributed by atoms with Gasteiger partial charge in [0, 0.05) is 29.2 Å². The summed E-state index contributed by atoms with van der Waals surface area (Å²) in [6.07, 6.45) is 2.57. The fraction of sp³-hybridized carbons (Fsp3) is 0.538. The van der Waals surface area contributed by atoms with Crippen molar-refractivity contribution in [2.24, 2.45) is 0 Å². The van der Waals surface area contributed by atoms with E-state index in [1.165, 1.54) is 12.8 Å². The van der Waals surface area contributed by atoms with Crippen LogP contribution in [0.2, 0.25) is 10.0 Å². The first kappa shape index (κ1) is 13.2. The maximum atomic E-state index is 6.16. The van der Waals surface area contributed by atoms with Gasteiger partial charge >= 0.3 is 0 Å². The van der Waals surface area contributed by atoms with Gasteiger partial charge in [0.05, 0.1) is 0 Å². The summed E-state index contributed by atoms with van der Waals surface area (Å²) >= 11 is 12.0. The van der Waals surface area contributed by atoms with E-state index in [0.29, 0.717) is 11.1 Å². The minimum absolute atomic E-state index is 0.631. The van der Waals surface area contributed by atoms with Crippen molar-refractivity contribution >= 4 is 23.2 Å². The molecule has 0 aliphatic carbocycles. The van der Waals surface area contributed by atoms with E-state index in [2.05, 4.69) is 17.3 Å². The minimum Gasteiger partial charge on any atom is -0.313 e. The summed E-state index contributed by atoms with van der Waals surface area (Å²) < 4.78 is 0. The second-order valence-corrected chi connectivity index (χ2v) is 5.57. The second kappa shape index (κ2) is 6.05. The summed E-state index contributed by atoms with van der Waals surface area (Å²) in [5, 5.41) is 4.95. The van der Waals surface area contributed by atoms with E-state index in [-0.39, 0.29) is 0 Å². The van der Waals surface area contributed by atoms with E-state index in [1.54, 1.807) is 6.07 Å². The van der Waals surface area contributed by atoms with Crippen LogP contribution in [-0.4, -0.2) is 31.1 Å². The van der Waals surface area contributed by atoms with Crippen molar-refractivity contribution in [1.29, 1.82) is 0 Å². The van der Waals surface area contributed by atoms with Gasteiger partial charge in [0.1, 0.15) is 0 Å². The maximum absolute atomic E-state index is 6.16. The van der Waals surface area contributed by atoms with Gasteiger partial charge in [0.2, 0.25) is 0 Å². The zero-order chi connectivity index (χ0) is 12.3. The second-order valence-electron chi connectivity index (χ2n) is 4.73. The number of benzene rings is 1. The van der Waals surface area contributed by atoms with Gasteiger partial charge in [-0.05, 0) is 44.1 Å². The SMILES string of the molecule is CN(Cc1ccc(Cl)cc1Cl)CC1CCCN1. The lowest BCUT2D eigenvalue weighted by atomic mass is 10.2. The molecule has 0 spiro atoms. The third-order valence-electron chi connectivity index (χ3n) is 3.15. The van der Waals surface area contributed by atoms with E-state index >= 15 is 0 Å². The zero-order valence-corrected chi connectivity index (χ0v) is 11.6. The molecular formula is C13H18Cl2N2. The van der Waals surface area contributed by atoms with E-state index in [4.69, 9.17) is 23.2 Å². The van der Waals surface area contributed by atoms with Crippen molar-refractivity contribution in [3.63, 3.8) is 0 Å². The molecule has 1 saturated heterocycles. The molecule has 0 amide bonds. The van der Waals surface area contributed by atoms with E-state index in [9.17, 15) is 0 Å².